The number of methoxy groups -OCH3 is 1. The van der Waals surface area contributed by atoms with Crippen LogP contribution in [0.15, 0.2) is 29.1 Å². The van der Waals surface area contributed by atoms with Gasteiger partial charge in [-0.1, -0.05) is 12.1 Å². The summed E-state index contributed by atoms with van der Waals surface area (Å²) in [7, 11) is 1.33. The van der Waals surface area contributed by atoms with Gasteiger partial charge < -0.3 is 30.1 Å². The number of nitrogens with zero attached hydrogens (tertiary/aromatic N) is 3. The quantitative estimate of drug-likeness (QED) is 0.352. The third-order valence-corrected chi connectivity index (χ3v) is 7.48. The van der Waals surface area contributed by atoms with Crippen molar-refractivity contribution in [1.29, 1.82) is 0 Å². The van der Waals surface area contributed by atoms with Crippen LogP contribution in [0.3, 0.4) is 0 Å². The first-order valence-corrected chi connectivity index (χ1v) is 13.3. The van der Waals surface area contributed by atoms with E-state index in [1.54, 1.807) is 6.92 Å². The van der Waals surface area contributed by atoms with Gasteiger partial charge in [-0.05, 0) is 42.9 Å². The number of alkyl halides is 5. The molecule has 4 rings (SSSR count). The predicted molar refractivity (Wildman–Crippen MR) is 137 cm³/mol. The molecule has 2 aliphatic rings. The van der Waals surface area contributed by atoms with Gasteiger partial charge >= 0.3 is 12.2 Å². The van der Waals surface area contributed by atoms with Crippen molar-refractivity contribution >= 4 is 23.7 Å². The topological polar surface area (TPSA) is 139 Å². The van der Waals surface area contributed by atoms with Crippen molar-refractivity contribution in [3.05, 3.63) is 41.4 Å². The molecule has 2 fully saturated rings. The standard InChI is InChI=1S/C26H31F5N6O5/c1-3-17-16(12-42-36-17)22(38)35-21(14-4-7-25(27,28)8-5-14)23(39)34-20-10-15(6-9-32-20)18(13-41-2)37-11-19(26(29,30)31)33-24(37)40/h6,9-10,12,14,18-19,21H,3-5,7-8,11,13H2,1-2H3,(H,33,40)(H,35,38)(H,32,34,39)/t18-,19+,21+/m1/s1. The van der Waals surface area contributed by atoms with Gasteiger partial charge in [-0.2, -0.15) is 13.2 Å². The van der Waals surface area contributed by atoms with Gasteiger partial charge in [-0.3, -0.25) is 9.59 Å². The summed E-state index contributed by atoms with van der Waals surface area (Å²) in [6.07, 6.45) is -2.79. The highest BCUT2D eigenvalue weighted by Gasteiger charge is 2.48. The lowest BCUT2D eigenvalue weighted by Gasteiger charge is -2.33. The van der Waals surface area contributed by atoms with E-state index in [-0.39, 0.29) is 30.8 Å². The predicted octanol–water partition coefficient (Wildman–Crippen LogP) is 3.84. The fourth-order valence-corrected chi connectivity index (χ4v) is 5.17. The zero-order valence-electron chi connectivity index (χ0n) is 22.8. The minimum Gasteiger partial charge on any atom is -0.382 e. The Kier molecular flexibility index (Phi) is 9.33. The minimum absolute atomic E-state index is 0.0230. The van der Waals surface area contributed by atoms with Crippen molar-refractivity contribution in [2.45, 2.75) is 69.3 Å². The highest BCUT2D eigenvalue weighted by atomic mass is 19.4. The molecule has 230 valence electrons. The number of urea groups is 1. The van der Waals surface area contributed by atoms with Crippen LogP contribution in [-0.4, -0.2) is 77.3 Å². The molecule has 0 bridgehead atoms. The van der Waals surface area contributed by atoms with Gasteiger partial charge in [0.05, 0.1) is 24.9 Å². The summed E-state index contributed by atoms with van der Waals surface area (Å²) in [5, 5.41) is 10.9. The number of nitrogens with one attached hydrogen (secondary N) is 3. The zero-order valence-corrected chi connectivity index (χ0v) is 22.8. The van der Waals surface area contributed by atoms with Crippen LogP contribution in [-0.2, 0) is 16.0 Å². The molecule has 1 saturated carbocycles. The first kappa shape index (κ1) is 31.1. The number of halogens is 5. The van der Waals surface area contributed by atoms with Crippen molar-refractivity contribution < 1.29 is 45.6 Å². The summed E-state index contributed by atoms with van der Waals surface area (Å²) in [4.78, 5) is 44.0. The van der Waals surface area contributed by atoms with Crippen LogP contribution in [0, 0.1) is 5.92 Å². The summed E-state index contributed by atoms with van der Waals surface area (Å²) < 4.78 is 77.5. The molecule has 0 radical (unpaired) electrons. The molecule has 3 atom stereocenters. The van der Waals surface area contributed by atoms with Gasteiger partial charge in [-0.25, -0.2) is 18.6 Å². The number of hydrogen-bond donors (Lipinski definition) is 3. The summed E-state index contributed by atoms with van der Waals surface area (Å²) in [5.74, 6) is -4.89. The second-order valence-electron chi connectivity index (χ2n) is 10.3. The molecule has 3 N–H and O–H groups in total. The first-order valence-electron chi connectivity index (χ1n) is 13.3. The number of amides is 4. The maximum atomic E-state index is 13.9. The van der Waals surface area contributed by atoms with Crippen molar-refractivity contribution in [2.24, 2.45) is 5.92 Å². The third kappa shape index (κ3) is 7.14. The number of hydrogen-bond acceptors (Lipinski definition) is 7. The van der Waals surface area contributed by atoms with Crippen molar-refractivity contribution in [2.75, 3.05) is 25.6 Å². The maximum Gasteiger partial charge on any atom is 0.410 e. The van der Waals surface area contributed by atoms with E-state index in [0.717, 1.165) is 11.2 Å². The minimum atomic E-state index is -4.65. The molecule has 1 saturated heterocycles. The first-order chi connectivity index (χ1) is 19.8. The Hall–Kier alpha value is -3.82. The Morgan fingerprint density at radius 3 is 2.62 bits per heavy atom. The maximum absolute atomic E-state index is 13.9. The van der Waals surface area contributed by atoms with E-state index >= 15 is 0 Å². The molecule has 0 aromatic carbocycles. The molecule has 16 heteroatoms. The molecule has 1 aliphatic heterocycles. The molecule has 0 unspecified atom stereocenters. The number of pyridine rings is 1. The lowest BCUT2D eigenvalue weighted by molar-refractivity contribution is -0.150. The van der Waals surface area contributed by atoms with Crippen LogP contribution in [0.25, 0.3) is 0 Å². The van der Waals surface area contributed by atoms with Crippen molar-refractivity contribution in [1.82, 2.24) is 25.7 Å². The number of ether oxygens (including phenoxy) is 1. The monoisotopic (exact) mass is 602 g/mol. The van der Waals surface area contributed by atoms with E-state index in [2.05, 4.69) is 20.8 Å². The largest absolute Gasteiger partial charge is 0.410 e. The van der Waals surface area contributed by atoms with Crippen LogP contribution in [0.1, 0.15) is 60.3 Å². The number of rotatable bonds is 10. The third-order valence-electron chi connectivity index (χ3n) is 7.48. The van der Waals surface area contributed by atoms with Gasteiger partial charge in [0.15, 0.2) is 0 Å². The highest BCUT2D eigenvalue weighted by molar-refractivity contribution is 6.01. The van der Waals surface area contributed by atoms with Crippen molar-refractivity contribution in [3.8, 4) is 0 Å². The van der Waals surface area contributed by atoms with Crippen LogP contribution in [0.5, 0.6) is 0 Å². The average molecular weight is 603 g/mol. The summed E-state index contributed by atoms with van der Waals surface area (Å²) in [6, 6.07) is -2.31. The molecule has 11 nitrogen and oxygen atoms in total. The number of carbonyl (C=O) groups excluding carboxylic acids is 3. The van der Waals surface area contributed by atoms with Crippen molar-refractivity contribution in [3.63, 3.8) is 0 Å². The Morgan fingerprint density at radius 2 is 2.00 bits per heavy atom. The Labute approximate surface area is 237 Å². The van der Waals surface area contributed by atoms with E-state index in [9.17, 15) is 36.3 Å². The molecule has 2 aromatic rings. The Morgan fingerprint density at radius 1 is 1.29 bits per heavy atom. The number of aryl methyl sites for hydroxylation is 1. The van der Waals surface area contributed by atoms with Gasteiger partial charge in [0.2, 0.25) is 11.8 Å². The number of carbonyl (C=O) groups is 3. The van der Waals surface area contributed by atoms with Crippen LogP contribution >= 0.6 is 0 Å². The van der Waals surface area contributed by atoms with E-state index in [1.165, 1.54) is 25.4 Å². The smallest absolute Gasteiger partial charge is 0.382 e. The van der Waals surface area contributed by atoms with Crippen LogP contribution in [0.4, 0.5) is 32.6 Å². The molecular weight excluding hydrogens is 571 g/mol. The normalized spacial score (nSPS) is 20.6. The van der Waals surface area contributed by atoms with Gasteiger partial charge in [0, 0.05) is 26.1 Å². The number of anilines is 1. The van der Waals surface area contributed by atoms with Crippen LogP contribution < -0.4 is 16.0 Å². The fraction of sp³-hybridized carbons (Fsp3) is 0.577. The average Bonchev–Trinajstić information content (AvgIpc) is 3.57. The van der Waals surface area contributed by atoms with E-state index in [0.29, 0.717) is 17.7 Å². The second-order valence-corrected chi connectivity index (χ2v) is 10.3. The molecular formula is C26H31F5N6O5. The fourth-order valence-electron chi connectivity index (χ4n) is 5.17. The van der Waals surface area contributed by atoms with E-state index in [1.807, 2.05) is 5.32 Å². The SMILES string of the molecule is CCc1nocc1C(=O)N[C@H](C(=O)Nc1cc([C@@H](COC)N2C[C@@H](C(F)(F)F)NC2=O)ccn1)C1CCC(F)(F)CC1. The molecule has 42 heavy (non-hydrogen) atoms. The molecule has 3 heterocycles. The number of aromatic nitrogens is 2. The van der Waals surface area contributed by atoms with E-state index < -0.39 is 73.4 Å². The van der Waals surface area contributed by atoms with Gasteiger partial charge in [-0.15, -0.1) is 0 Å². The second kappa shape index (κ2) is 12.6. The summed E-state index contributed by atoms with van der Waals surface area (Å²) in [6.45, 7) is 0.957. The van der Waals surface area contributed by atoms with Gasteiger partial charge in [0.1, 0.15) is 29.7 Å². The Bertz CT molecular complexity index is 1280. The van der Waals surface area contributed by atoms with Gasteiger partial charge in [0.25, 0.3) is 5.91 Å². The van der Waals surface area contributed by atoms with E-state index in [4.69, 9.17) is 9.26 Å². The molecule has 1 aliphatic carbocycles. The molecule has 2 aromatic heterocycles. The zero-order chi connectivity index (χ0) is 30.7. The highest BCUT2D eigenvalue weighted by Crippen LogP contribution is 2.38. The lowest BCUT2D eigenvalue weighted by Crippen LogP contribution is -2.50. The summed E-state index contributed by atoms with van der Waals surface area (Å²) in [5.41, 5.74) is 0.800. The molecule has 0 spiro atoms. The Balaban J connectivity index is 1.55. The lowest BCUT2D eigenvalue weighted by atomic mass is 9.81. The van der Waals surface area contributed by atoms with Crippen LogP contribution in [0.2, 0.25) is 0 Å². The summed E-state index contributed by atoms with van der Waals surface area (Å²) >= 11 is 0. The molecule has 4 amide bonds.